The number of furan rings is 2. The van der Waals surface area contributed by atoms with E-state index < -0.39 is 167 Å². The smallest absolute Gasteiger partial charge is 0.238 e. The fourth-order valence-electron chi connectivity index (χ4n) is 15.4. The van der Waals surface area contributed by atoms with Crippen molar-refractivity contribution in [3.8, 4) is 102 Å². The van der Waals surface area contributed by atoms with Crippen LogP contribution < -0.4 is 0 Å². The Kier molecular flexibility index (Phi) is 10.4. The van der Waals surface area contributed by atoms with E-state index in [2.05, 4.69) is 93.8 Å². The Morgan fingerprint density at radius 3 is 1.52 bits per heavy atom. The maximum absolute atomic E-state index is 9.70. The molecule has 532 valence electrons. The molecule has 0 saturated carbocycles. The summed E-state index contributed by atoms with van der Waals surface area (Å²) in [7, 11) is 0. The summed E-state index contributed by atoms with van der Waals surface area (Å²) in [4.78, 5) is 28.9. The molecule has 8 heterocycles. The summed E-state index contributed by atoms with van der Waals surface area (Å²) in [6.45, 7) is 0. The average molecular weight is 1520 g/mol. The summed E-state index contributed by atoms with van der Waals surface area (Å²) in [6, 6.07) is 53.5. The zero-order valence-electron chi connectivity index (χ0n) is 83.9. The second-order valence-electron chi connectivity index (χ2n) is 26.8. The molecule has 0 fully saturated rings. The van der Waals surface area contributed by atoms with Crippen molar-refractivity contribution in [2.24, 2.45) is 0 Å². The Morgan fingerprint density at radius 2 is 0.798 bits per heavy atom. The van der Waals surface area contributed by atoms with Crippen molar-refractivity contribution in [3.05, 3.63) is 363 Å². The van der Waals surface area contributed by atoms with Crippen molar-refractivity contribution in [2.75, 3.05) is 0 Å². The van der Waals surface area contributed by atoms with Crippen LogP contribution in [0.5, 0.6) is 0 Å². The Balaban J connectivity index is 0.000000159. The Morgan fingerprint density at radius 1 is 0.237 bits per heavy atom. The van der Waals surface area contributed by atoms with Crippen molar-refractivity contribution in [2.45, 2.75) is 0 Å². The molecule has 0 spiro atoms. The van der Waals surface area contributed by atoms with Crippen LogP contribution in [0.25, 0.3) is 230 Å². The SMILES string of the molecule is [2H]c1c([2H])c([2H])c(-c2nc(-c3c([2H])c([2H])c4c(oc5c([2H])c([2H])c([2H])c(-c6ccccc6)c54)c3[2H])nc(-n3c4c([2H])c([2H])c([2H])c([2H])c4c4c5c(sc6c([2H])c([2H])c(-c7ccccc7)c([2H])c65)c([2H])c([2H])c43)n2)c([2H])c1[2H].[2H]c1c([2H])c([2H])c(-c2nc(-c3ccc4c(c3)oc3cccc(-c5ccccc5)c34)nc(-n3c4ccccc4c4c5c(ccc43)sc3cccc(-c4ccccc4)c35)n2)c([2H])c1[2H]. The molecule has 0 radical (unpaired) electrons. The number of benzene rings is 16. The molecule has 12 heteroatoms. The number of thiophene rings is 2. The molecular weight excluding hydrogens is 1430 g/mol. The highest BCUT2D eigenvalue weighted by atomic mass is 32.1. The highest BCUT2D eigenvalue weighted by Gasteiger charge is 2.26. The van der Waals surface area contributed by atoms with Gasteiger partial charge >= 0.3 is 0 Å². The second-order valence-corrected chi connectivity index (χ2v) is 28.9. The van der Waals surface area contributed by atoms with Gasteiger partial charge in [0.2, 0.25) is 11.9 Å². The van der Waals surface area contributed by atoms with E-state index in [0.717, 1.165) is 91.8 Å². The zero-order chi connectivity index (χ0) is 96.7. The summed E-state index contributed by atoms with van der Waals surface area (Å²) in [5, 5.41) is 5.74. The van der Waals surface area contributed by atoms with E-state index in [1.54, 1.807) is 72.0 Å². The molecule has 16 aromatic carbocycles. The largest absolute Gasteiger partial charge is 0.456 e. The topological polar surface area (TPSA) is 113 Å². The lowest BCUT2D eigenvalue weighted by Crippen LogP contribution is -2.06. The minimum atomic E-state index is -0.818. The van der Waals surface area contributed by atoms with Crippen molar-refractivity contribution < 1.29 is 43.1 Å². The maximum atomic E-state index is 9.70. The van der Waals surface area contributed by atoms with Gasteiger partial charge in [0.1, 0.15) is 22.3 Å². The van der Waals surface area contributed by atoms with Gasteiger partial charge in [0, 0.05) is 106 Å². The standard InChI is InChI=1S/2C51H30N4OS/c1-4-14-31(15-5-1)35-21-12-24-41-45(35)38-27-26-34(30-42(38)56-41)50-52-49(33-18-8-3-9-19-33)53-51(54-50)55-39-23-11-10-20-37(39)46-40(55)28-29-44-48(46)47-36(22-13-25-43(47)57-44)32-16-6-2-7-17-32;1-4-13-31(14-5-1)34-24-27-44-39(29-34)48-45(57-44)28-26-41-47(48)37-19-10-11-21-40(37)55(41)51-53-49(33-17-8-3-9-18-33)52-50(54-51)35-23-25-38-43(30-35)56-42-22-12-20-36(46(38)42)32-15-6-2-7-16-32/h2*1-30H/i3D,8D,9D,18D,19D;3D,8D,9D,10D,11D,12D,17D,18D,19D,20D,21D,22D,23D,24D,25D,26D,27D,28D,29D,30D. The van der Waals surface area contributed by atoms with Crippen LogP contribution in [0, 0.1) is 0 Å². The third-order valence-corrected chi connectivity index (χ3v) is 22.5. The first kappa shape index (κ1) is 44.7. The Labute approximate surface area is 694 Å². The summed E-state index contributed by atoms with van der Waals surface area (Å²) >= 11 is 2.61. The van der Waals surface area contributed by atoms with Gasteiger partial charge in [-0.3, -0.25) is 9.13 Å². The van der Waals surface area contributed by atoms with Crippen molar-refractivity contribution >= 4 is 151 Å². The first-order chi connectivity index (χ1) is 66.9. The predicted molar refractivity (Wildman–Crippen MR) is 472 cm³/mol. The third-order valence-electron chi connectivity index (χ3n) is 20.3. The van der Waals surface area contributed by atoms with Crippen LogP contribution >= 0.6 is 22.7 Å². The quantitative estimate of drug-likeness (QED) is 0.133. The van der Waals surface area contributed by atoms with Crippen LogP contribution in [-0.2, 0) is 0 Å². The fraction of sp³-hybridized carbons (Fsp3) is 0. The Hall–Kier alpha value is -14.8. The van der Waals surface area contributed by atoms with Gasteiger partial charge in [-0.05, 0) is 135 Å². The summed E-state index contributed by atoms with van der Waals surface area (Å²) in [6.07, 6.45) is 0. The predicted octanol–water partition coefficient (Wildman–Crippen LogP) is 27.8. The molecule has 10 nitrogen and oxygen atoms in total. The van der Waals surface area contributed by atoms with Gasteiger partial charge in [0.15, 0.2) is 23.3 Å². The third kappa shape index (κ3) is 10.7. The highest BCUT2D eigenvalue weighted by molar-refractivity contribution is 7.26. The number of aromatic nitrogens is 8. The lowest BCUT2D eigenvalue weighted by molar-refractivity contribution is 0.668. The van der Waals surface area contributed by atoms with Crippen LogP contribution in [0.2, 0.25) is 0 Å². The second kappa shape index (κ2) is 26.5. The average Bonchev–Trinajstić information content (AvgIpc) is 1.53. The molecule has 0 atom stereocenters. The number of hydrogen-bond donors (Lipinski definition) is 0. The van der Waals surface area contributed by atoms with E-state index in [-0.39, 0.29) is 111 Å². The normalized spacial score (nSPS) is 14.9. The maximum Gasteiger partial charge on any atom is 0.238 e. The van der Waals surface area contributed by atoms with Gasteiger partial charge in [-0.25, -0.2) is 9.97 Å². The van der Waals surface area contributed by atoms with Gasteiger partial charge in [0.25, 0.3) is 0 Å². The van der Waals surface area contributed by atoms with Gasteiger partial charge in [-0.2, -0.15) is 19.9 Å². The van der Waals surface area contributed by atoms with E-state index in [4.69, 9.17) is 45.7 Å². The summed E-state index contributed by atoms with van der Waals surface area (Å²) < 4.78 is 244. The number of nitrogens with zero attached hydrogens (tertiary/aromatic N) is 8. The number of para-hydroxylation sites is 2. The molecule has 0 saturated heterocycles. The number of fused-ring (bicyclic) bond motifs is 20. The lowest BCUT2D eigenvalue weighted by Gasteiger charge is -2.11. The molecule has 0 aliphatic carbocycles. The molecule has 0 amide bonds. The minimum Gasteiger partial charge on any atom is -0.456 e. The molecule has 0 N–H and O–H groups in total. The molecule has 114 heavy (non-hydrogen) atoms. The van der Waals surface area contributed by atoms with Crippen LogP contribution in [0.15, 0.2) is 372 Å². The minimum absolute atomic E-state index is 0.00373. The van der Waals surface area contributed by atoms with Gasteiger partial charge in [-0.1, -0.05) is 273 Å². The monoisotopic (exact) mass is 1520 g/mol. The summed E-state index contributed by atoms with van der Waals surface area (Å²) in [5.41, 5.74) is 6.25. The van der Waals surface area contributed by atoms with E-state index >= 15 is 0 Å². The Bertz CT molecular complexity index is 9560. The molecule has 0 aliphatic rings. The molecule has 24 aromatic rings. The molecule has 24 rings (SSSR count). The van der Waals surface area contributed by atoms with Crippen molar-refractivity contribution in [1.82, 2.24) is 39.0 Å². The van der Waals surface area contributed by atoms with Crippen LogP contribution in [-0.4, -0.2) is 39.0 Å². The zero-order valence-corrected chi connectivity index (χ0v) is 60.6. The fourth-order valence-corrected chi connectivity index (χ4v) is 17.5. The van der Waals surface area contributed by atoms with Crippen LogP contribution in [0.4, 0.5) is 0 Å². The molecular formula is C102H60N8O2S2. The van der Waals surface area contributed by atoms with Gasteiger partial charge < -0.3 is 8.83 Å². The molecule has 0 bridgehead atoms. The highest BCUT2D eigenvalue weighted by Crippen LogP contribution is 2.49. The van der Waals surface area contributed by atoms with Crippen molar-refractivity contribution in [3.63, 3.8) is 0 Å². The van der Waals surface area contributed by atoms with Crippen LogP contribution in [0.3, 0.4) is 0 Å². The first-order valence-electron chi connectivity index (χ1n) is 48.5. The lowest BCUT2D eigenvalue weighted by atomic mass is 9.97. The van der Waals surface area contributed by atoms with E-state index in [1.807, 2.05) is 77.4 Å². The van der Waals surface area contributed by atoms with Crippen molar-refractivity contribution in [1.29, 1.82) is 0 Å². The van der Waals surface area contributed by atoms with Crippen LogP contribution in [0.1, 0.15) is 34.3 Å². The molecule has 0 aliphatic heterocycles. The summed E-state index contributed by atoms with van der Waals surface area (Å²) in [5.74, 6) is -1.63. The van der Waals surface area contributed by atoms with E-state index in [1.165, 1.54) is 4.70 Å². The molecule has 8 aromatic heterocycles. The number of rotatable bonds is 10. The van der Waals surface area contributed by atoms with Gasteiger partial charge in [-0.15, -0.1) is 22.7 Å². The molecule has 0 unspecified atom stereocenters. The first-order valence-corrected chi connectivity index (χ1v) is 37.6. The van der Waals surface area contributed by atoms with E-state index in [9.17, 15) is 12.3 Å². The number of hydrogen-bond acceptors (Lipinski definition) is 10. The van der Waals surface area contributed by atoms with Gasteiger partial charge in [0.05, 0.1) is 56.3 Å². The van der Waals surface area contributed by atoms with E-state index in [0.29, 0.717) is 22.3 Å².